The second kappa shape index (κ2) is 6.46. The summed E-state index contributed by atoms with van der Waals surface area (Å²) in [5.41, 5.74) is -0.613. The van der Waals surface area contributed by atoms with Crippen molar-refractivity contribution < 1.29 is 32.2 Å². The lowest BCUT2D eigenvalue weighted by molar-refractivity contribution is -0.138. The molecule has 0 saturated carbocycles. The number of benzene rings is 2. The molecule has 0 aromatic heterocycles. The van der Waals surface area contributed by atoms with Crippen molar-refractivity contribution in [3.63, 3.8) is 0 Å². The Morgan fingerprint density at radius 1 is 1.12 bits per heavy atom. The number of ether oxygens (including phenoxy) is 2. The predicted molar refractivity (Wildman–Crippen MR) is 81.5 cm³/mol. The fourth-order valence-electron chi connectivity index (χ4n) is 2.38. The van der Waals surface area contributed by atoms with Gasteiger partial charge in [0.1, 0.15) is 12.4 Å². The van der Waals surface area contributed by atoms with Crippen LogP contribution in [0, 0.1) is 0 Å². The van der Waals surface area contributed by atoms with E-state index in [-0.39, 0.29) is 12.2 Å². The van der Waals surface area contributed by atoms with Gasteiger partial charge in [0.05, 0.1) is 17.7 Å². The Morgan fingerprint density at radius 3 is 2.56 bits per heavy atom. The zero-order valence-electron chi connectivity index (χ0n) is 12.7. The van der Waals surface area contributed by atoms with Crippen LogP contribution in [0.1, 0.15) is 15.9 Å². The number of rotatable bonds is 3. The van der Waals surface area contributed by atoms with E-state index in [1.807, 2.05) is 0 Å². The van der Waals surface area contributed by atoms with Gasteiger partial charge in [-0.05, 0) is 30.3 Å². The topological polar surface area (TPSA) is 55.8 Å². The number of cyclic esters (lactones) is 1. The number of hydrogen-bond donors (Lipinski definition) is 0. The van der Waals surface area contributed by atoms with Gasteiger partial charge in [0.15, 0.2) is 0 Å². The van der Waals surface area contributed by atoms with Crippen LogP contribution in [0.15, 0.2) is 48.5 Å². The third-order valence-electron chi connectivity index (χ3n) is 3.55. The molecule has 0 radical (unpaired) electrons. The molecule has 1 aliphatic rings. The molecule has 5 nitrogen and oxygen atoms in total. The third-order valence-corrected chi connectivity index (χ3v) is 3.55. The molecular weight excluding hydrogens is 339 g/mol. The van der Waals surface area contributed by atoms with E-state index >= 15 is 0 Å². The van der Waals surface area contributed by atoms with Gasteiger partial charge in [-0.25, -0.2) is 9.59 Å². The molecule has 1 heterocycles. The predicted octanol–water partition coefficient (Wildman–Crippen LogP) is 3.88. The molecule has 0 spiro atoms. The van der Waals surface area contributed by atoms with Gasteiger partial charge < -0.3 is 9.47 Å². The highest BCUT2D eigenvalue weighted by Crippen LogP contribution is 2.36. The summed E-state index contributed by atoms with van der Waals surface area (Å²) in [5, 5.41) is 0. The quantitative estimate of drug-likeness (QED) is 0.622. The Morgan fingerprint density at radius 2 is 1.88 bits per heavy atom. The normalized spacial score (nSPS) is 14.4. The van der Waals surface area contributed by atoms with Crippen LogP contribution in [0.25, 0.3) is 0 Å². The lowest BCUT2D eigenvalue weighted by atomic mass is 10.1. The highest BCUT2D eigenvalue weighted by atomic mass is 19.4. The Kier molecular flexibility index (Phi) is 4.35. The van der Waals surface area contributed by atoms with Crippen molar-refractivity contribution in [2.24, 2.45) is 0 Å². The van der Waals surface area contributed by atoms with Gasteiger partial charge in [-0.1, -0.05) is 18.2 Å². The van der Waals surface area contributed by atoms with Crippen LogP contribution in [0.2, 0.25) is 0 Å². The Balaban J connectivity index is 1.84. The minimum Gasteiger partial charge on any atom is -0.447 e. The van der Waals surface area contributed by atoms with Crippen LogP contribution in [0.5, 0.6) is 5.75 Å². The maximum atomic E-state index is 13.0. The summed E-state index contributed by atoms with van der Waals surface area (Å²) in [6.07, 6.45) is -5.19. The summed E-state index contributed by atoms with van der Waals surface area (Å²) in [5.74, 6) is -1.53. The first-order valence-corrected chi connectivity index (χ1v) is 7.29. The molecular formula is C17H12F3NO4. The van der Waals surface area contributed by atoms with Crippen LogP contribution in [0.3, 0.4) is 0 Å². The smallest absolute Gasteiger partial charge is 0.419 e. The van der Waals surface area contributed by atoms with Crippen LogP contribution < -0.4 is 9.64 Å². The van der Waals surface area contributed by atoms with Crippen molar-refractivity contribution >= 4 is 17.7 Å². The highest BCUT2D eigenvalue weighted by Gasteiger charge is 2.34. The first-order valence-electron chi connectivity index (χ1n) is 7.29. The molecule has 3 rings (SSSR count). The van der Waals surface area contributed by atoms with E-state index in [0.717, 1.165) is 12.1 Å². The molecule has 8 heteroatoms. The number of hydrogen-bond acceptors (Lipinski definition) is 4. The van der Waals surface area contributed by atoms with Gasteiger partial charge in [-0.3, -0.25) is 4.90 Å². The molecule has 0 aliphatic carbocycles. The van der Waals surface area contributed by atoms with Crippen LogP contribution >= 0.6 is 0 Å². The number of esters is 1. The summed E-state index contributed by atoms with van der Waals surface area (Å²) >= 11 is 0. The van der Waals surface area contributed by atoms with Gasteiger partial charge in [-0.2, -0.15) is 13.2 Å². The number of amides is 1. The Bertz CT molecular complexity index is 820. The van der Waals surface area contributed by atoms with E-state index in [1.54, 1.807) is 6.07 Å². The van der Waals surface area contributed by atoms with Crippen molar-refractivity contribution in [3.05, 3.63) is 59.7 Å². The molecule has 1 amide bonds. The fraction of sp³-hybridized carbons (Fsp3) is 0.176. The van der Waals surface area contributed by atoms with Crippen LogP contribution in [0.4, 0.5) is 23.7 Å². The number of anilines is 1. The minimum atomic E-state index is -4.64. The van der Waals surface area contributed by atoms with E-state index in [0.29, 0.717) is 12.2 Å². The Labute approximate surface area is 140 Å². The maximum Gasteiger partial charge on any atom is 0.419 e. The largest absolute Gasteiger partial charge is 0.447 e. The monoisotopic (exact) mass is 351 g/mol. The Hall–Kier alpha value is -3.03. The van der Waals surface area contributed by atoms with Gasteiger partial charge in [0.2, 0.25) is 0 Å². The zero-order valence-corrected chi connectivity index (χ0v) is 12.7. The van der Waals surface area contributed by atoms with E-state index in [2.05, 4.69) is 0 Å². The molecule has 130 valence electrons. The standard InChI is InChI=1S/C17H12F3NO4/c18-17(19,20)13-6-1-2-7-14(13)25-15(22)11-4-3-5-12(10-11)21-8-9-24-16(21)23/h1-7,10H,8-9H2. The van der Waals surface area contributed by atoms with Crippen molar-refractivity contribution in [2.75, 3.05) is 18.1 Å². The molecule has 0 N–H and O–H groups in total. The number of halogens is 3. The summed E-state index contributed by atoms with van der Waals surface area (Å²) < 4.78 is 48.6. The number of alkyl halides is 3. The third kappa shape index (κ3) is 3.57. The second-order valence-electron chi connectivity index (χ2n) is 5.20. The molecule has 1 aliphatic heterocycles. The summed E-state index contributed by atoms with van der Waals surface area (Å²) in [7, 11) is 0. The number of carbonyl (C=O) groups is 2. The fourth-order valence-corrected chi connectivity index (χ4v) is 2.38. The summed E-state index contributed by atoms with van der Waals surface area (Å²) in [6.45, 7) is 0.556. The lowest BCUT2D eigenvalue weighted by Crippen LogP contribution is -2.23. The first kappa shape index (κ1) is 16.8. The molecule has 1 saturated heterocycles. The average molecular weight is 351 g/mol. The van der Waals surface area contributed by atoms with E-state index in [1.165, 1.54) is 35.2 Å². The number of carbonyl (C=O) groups excluding carboxylic acids is 2. The SMILES string of the molecule is O=C(Oc1ccccc1C(F)(F)F)c1cccc(N2CCOC2=O)c1. The maximum absolute atomic E-state index is 13.0. The molecule has 2 aromatic rings. The second-order valence-corrected chi connectivity index (χ2v) is 5.20. The summed E-state index contributed by atoms with van der Waals surface area (Å²) in [6, 6.07) is 10.3. The van der Waals surface area contributed by atoms with Gasteiger partial charge >= 0.3 is 18.2 Å². The molecule has 25 heavy (non-hydrogen) atoms. The minimum absolute atomic E-state index is 0.0224. The average Bonchev–Trinajstić information content (AvgIpc) is 3.00. The van der Waals surface area contributed by atoms with Gasteiger partial charge in [0, 0.05) is 5.69 Å². The van der Waals surface area contributed by atoms with Gasteiger partial charge in [-0.15, -0.1) is 0 Å². The van der Waals surface area contributed by atoms with E-state index in [4.69, 9.17) is 9.47 Å². The van der Waals surface area contributed by atoms with Crippen molar-refractivity contribution in [2.45, 2.75) is 6.18 Å². The first-order chi connectivity index (χ1) is 11.9. The zero-order chi connectivity index (χ0) is 18.0. The van der Waals surface area contributed by atoms with E-state index in [9.17, 15) is 22.8 Å². The van der Waals surface area contributed by atoms with Crippen LogP contribution in [-0.4, -0.2) is 25.2 Å². The number of nitrogens with zero attached hydrogens (tertiary/aromatic N) is 1. The molecule has 0 unspecified atom stereocenters. The van der Waals surface area contributed by atoms with E-state index < -0.39 is 29.6 Å². The lowest BCUT2D eigenvalue weighted by Gasteiger charge is -2.15. The molecule has 0 bridgehead atoms. The molecule has 0 atom stereocenters. The molecule has 1 fully saturated rings. The van der Waals surface area contributed by atoms with Crippen LogP contribution in [-0.2, 0) is 10.9 Å². The van der Waals surface area contributed by atoms with Gasteiger partial charge in [0.25, 0.3) is 0 Å². The van der Waals surface area contributed by atoms with Crippen molar-refractivity contribution in [1.82, 2.24) is 0 Å². The number of para-hydroxylation sites is 1. The highest BCUT2D eigenvalue weighted by molar-refractivity contribution is 5.95. The van der Waals surface area contributed by atoms with Crippen molar-refractivity contribution in [1.29, 1.82) is 0 Å². The summed E-state index contributed by atoms with van der Waals surface area (Å²) in [4.78, 5) is 25.1. The van der Waals surface area contributed by atoms with Crippen molar-refractivity contribution in [3.8, 4) is 5.75 Å². The molecule has 2 aromatic carbocycles.